The quantitative estimate of drug-likeness (QED) is 0.704. The summed E-state index contributed by atoms with van der Waals surface area (Å²) < 4.78 is 5.31. The Morgan fingerprint density at radius 2 is 2.17 bits per heavy atom. The third-order valence-corrected chi connectivity index (χ3v) is 2.25. The van der Waals surface area contributed by atoms with E-state index in [4.69, 9.17) is 16.2 Å². The second-order valence-corrected chi connectivity index (χ2v) is 4.68. The predicted octanol–water partition coefficient (Wildman–Crippen LogP) is 1.13. The first-order chi connectivity index (χ1) is 8.34. The van der Waals surface area contributed by atoms with Crippen LogP contribution < -0.4 is 21.5 Å². The monoisotopic (exact) mass is 252 g/mol. The number of nitrogens with zero attached hydrogens (tertiary/aromatic N) is 1. The van der Waals surface area contributed by atoms with Crippen LogP contribution in [0, 0.1) is 0 Å². The molecule has 18 heavy (non-hydrogen) atoms. The molecular weight excluding hydrogens is 232 g/mol. The van der Waals surface area contributed by atoms with E-state index >= 15 is 0 Å². The van der Waals surface area contributed by atoms with Gasteiger partial charge in [0.2, 0.25) is 11.8 Å². The number of hydrogen-bond acceptors (Lipinski definition) is 5. The highest BCUT2D eigenvalue weighted by Crippen LogP contribution is 2.23. The fourth-order valence-electron chi connectivity index (χ4n) is 1.60. The molecule has 0 aliphatic rings. The number of carbonyl (C=O) groups excluding carboxylic acids is 1. The van der Waals surface area contributed by atoms with E-state index in [0.29, 0.717) is 24.0 Å². The standard InChI is InChI=1S/C12H20N4O2/c1-4-18-11-8(13)5-6-10(15-11)16-12(2,3)7-9(14)17/h5-6H,4,7,13H2,1-3H3,(H2,14,17)(H,15,16). The number of nitrogens with one attached hydrogen (secondary N) is 1. The summed E-state index contributed by atoms with van der Waals surface area (Å²) in [6, 6.07) is 3.45. The molecule has 1 rings (SSSR count). The van der Waals surface area contributed by atoms with Crippen LogP contribution in [0.15, 0.2) is 12.1 Å². The Balaban J connectivity index is 2.84. The highest BCUT2D eigenvalue weighted by atomic mass is 16.5. The zero-order chi connectivity index (χ0) is 13.8. The molecule has 0 radical (unpaired) electrons. The first kappa shape index (κ1) is 14.1. The van der Waals surface area contributed by atoms with Gasteiger partial charge in [-0.15, -0.1) is 0 Å². The van der Waals surface area contributed by atoms with Gasteiger partial charge >= 0.3 is 0 Å². The van der Waals surface area contributed by atoms with Crippen LogP contribution in [-0.4, -0.2) is 23.0 Å². The minimum absolute atomic E-state index is 0.211. The molecule has 0 saturated heterocycles. The van der Waals surface area contributed by atoms with Crippen molar-refractivity contribution in [1.82, 2.24) is 4.98 Å². The molecule has 6 heteroatoms. The molecule has 0 atom stereocenters. The van der Waals surface area contributed by atoms with E-state index in [-0.39, 0.29) is 12.3 Å². The van der Waals surface area contributed by atoms with E-state index < -0.39 is 5.54 Å². The maximum absolute atomic E-state index is 10.9. The highest BCUT2D eigenvalue weighted by Gasteiger charge is 2.21. The van der Waals surface area contributed by atoms with E-state index in [1.165, 1.54) is 0 Å². The van der Waals surface area contributed by atoms with E-state index in [9.17, 15) is 4.79 Å². The van der Waals surface area contributed by atoms with Gasteiger partial charge in [-0.1, -0.05) is 0 Å². The number of anilines is 2. The van der Waals surface area contributed by atoms with Gasteiger partial charge in [-0.3, -0.25) is 4.79 Å². The van der Waals surface area contributed by atoms with Crippen molar-refractivity contribution in [1.29, 1.82) is 0 Å². The summed E-state index contributed by atoms with van der Waals surface area (Å²) in [6.07, 6.45) is 0.211. The number of carbonyl (C=O) groups is 1. The Morgan fingerprint density at radius 3 is 2.72 bits per heavy atom. The highest BCUT2D eigenvalue weighted by molar-refractivity contribution is 5.75. The predicted molar refractivity (Wildman–Crippen MR) is 71.3 cm³/mol. The lowest BCUT2D eigenvalue weighted by molar-refractivity contribution is -0.118. The zero-order valence-corrected chi connectivity index (χ0v) is 11.0. The average molecular weight is 252 g/mol. The van der Waals surface area contributed by atoms with Gasteiger partial charge in [-0.2, -0.15) is 4.98 Å². The van der Waals surface area contributed by atoms with Crippen molar-refractivity contribution in [2.45, 2.75) is 32.7 Å². The topological polar surface area (TPSA) is 103 Å². The fourth-order valence-corrected chi connectivity index (χ4v) is 1.60. The number of aromatic nitrogens is 1. The lowest BCUT2D eigenvalue weighted by Crippen LogP contribution is -2.36. The molecular formula is C12H20N4O2. The van der Waals surface area contributed by atoms with Gasteiger partial charge in [0, 0.05) is 12.0 Å². The number of rotatable bonds is 6. The van der Waals surface area contributed by atoms with Gasteiger partial charge in [0.15, 0.2) is 0 Å². The second kappa shape index (κ2) is 5.57. The molecule has 0 aliphatic carbocycles. The van der Waals surface area contributed by atoms with E-state index in [0.717, 1.165) is 0 Å². The summed E-state index contributed by atoms with van der Waals surface area (Å²) in [5.41, 5.74) is 10.9. The summed E-state index contributed by atoms with van der Waals surface area (Å²) >= 11 is 0. The lowest BCUT2D eigenvalue weighted by atomic mass is 10.0. The van der Waals surface area contributed by atoms with Gasteiger partial charge < -0.3 is 21.5 Å². The van der Waals surface area contributed by atoms with Gasteiger partial charge in [-0.05, 0) is 32.9 Å². The number of nitrogen functional groups attached to an aromatic ring is 1. The largest absolute Gasteiger partial charge is 0.476 e. The summed E-state index contributed by atoms with van der Waals surface area (Å²) in [6.45, 7) is 6.09. The molecule has 1 amide bonds. The Labute approximate surface area is 107 Å². The van der Waals surface area contributed by atoms with E-state index in [1.807, 2.05) is 20.8 Å². The molecule has 0 bridgehead atoms. The average Bonchev–Trinajstić information content (AvgIpc) is 2.21. The Kier molecular flexibility index (Phi) is 4.36. The van der Waals surface area contributed by atoms with Crippen LogP contribution in [0.4, 0.5) is 11.5 Å². The van der Waals surface area contributed by atoms with E-state index in [2.05, 4.69) is 10.3 Å². The van der Waals surface area contributed by atoms with Crippen molar-refractivity contribution in [3.8, 4) is 5.88 Å². The molecule has 0 aliphatic heterocycles. The number of pyridine rings is 1. The Hall–Kier alpha value is -1.98. The number of primary amides is 1. The van der Waals surface area contributed by atoms with Gasteiger partial charge in [0.25, 0.3) is 0 Å². The van der Waals surface area contributed by atoms with Crippen LogP contribution in [0.5, 0.6) is 5.88 Å². The minimum Gasteiger partial charge on any atom is -0.476 e. The first-order valence-electron chi connectivity index (χ1n) is 5.80. The molecule has 6 nitrogen and oxygen atoms in total. The number of nitrogens with two attached hydrogens (primary N) is 2. The van der Waals surface area contributed by atoms with Gasteiger partial charge in [0.1, 0.15) is 5.82 Å². The summed E-state index contributed by atoms with van der Waals surface area (Å²) in [7, 11) is 0. The lowest BCUT2D eigenvalue weighted by Gasteiger charge is -2.25. The molecule has 0 aromatic carbocycles. The Bertz CT molecular complexity index is 432. The number of ether oxygens (including phenoxy) is 1. The molecule has 1 heterocycles. The SMILES string of the molecule is CCOc1nc(NC(C)(C)CC(N)=O)ccc1N. The summed E-state index contributed by atoms with van der Waals surface area (Å²) in [4.78, 5) is 15.2. The van der Waals surface area contributed by atoms with Crippen molar-refractivity contribution in [2.24, 2.45) is 5.73 Å². The van der Waals surface area contributed by atoms with Crippen LogP contribution in [0.2, 0.25) is 0 Å². The number of amides is 1. The van der Waals surface area contributed by atoms with Crippen LogP contribution in [0.3, 0.4) is 0 Å². The van der Waals surface area contributed by atoms with Crippen LogP contribution in [0.1, 0.15) is 27.2 Å². The summed E-state index contributed by atoms with van der Waals surface area (Å²) in [5.74, 6) is 0.615. The third-order valence-electron chi connectivity index (χ3n) is 2.25. The van der Waals surface area contributed by atoms with Crippen molar-refractivity contribution in [2.75, 3.05) is 17.7 Å². The molecule has 1 aromatic heterocycles. The maximum atomic E-state index is 10.9. The second-order valence-electron chi connectivity index (χ2n) is 4.68. The van der Waals surface area contributed by atoms with Crippen LogP contribution >= 0.6 is 0 Å². The molecule has 0 fully saturated rings. The van der Waals surface area contributed by atoms with Crippen molar-refractivity contribution < 1.29 is 9.53 Å². The van der Waals surface area contributed by atoms with Gasteiger partial charge in [-0.25, -0.2) is 0 Å². The van der Waals surface area contributed by atoms with E-state index in [1.54, 1.807) is 12.1 Å². The molecule has 0 unspecified atom stereocenters. The van der Waals surface area contributed by atoms with Crippen molar-refractivity contribution >= 4 is 17.4 Å². The first-order valence-corrected chi connectivity index (χ1v) is 5.80. The van der Waals surface area contributed by atoms with Crippen LogP contribution in [0.25, 0.3) is 0 Å². The van der Waals surface area contributed by atoms with Crippen molar-refractivity contribution in [3.63, 3.8) is 0 Å². The van der Waals surface area contributed by atoms with Crippen LogP contribution in [-0.2, 0) is 4.79 Å². The fraction of sp³-hybridized carbons (Fsp3) is 0.500. The molecule has 0 spiro atoms. The molecule has 0 saturated carbocycles. The van der Waals surface area contributed by atoms with Gasteiger partial charge in [0.05, 0.1) is 12.3 Å². The minimum atomic E-state index is -0.474. The molecule has 1 aromatic rings. The maximum Gasteiger partial charge on any atom is 0.239 e. The molecule has 5 N–H and O–H groups in total. The normalized spacial score (nSPS) is 11.1. The summed E-state index contributed by atoms with van der Waals surface area (Å²) in [5, 5.41) is 3.13. The Morgan fingerprint density at radius 1 is 1.50 bits per heavy atom. The third kappa shape index (κ3) is 4.12. The molecule has 100 valence electrons. The smallest absolute Gasteiger partial charge is 0.239 e. The number of hydrogen-bond donors (Lipinski definition) is 3. The zero-order valence-electron chi connectivity index (χ0n) is 11.0. The van der Waals surface area contributed by atoms with Crippen molar-refractivity contribution in [3.05, 3.63) is 12.1 Å².